The molecule has 0 amide bonds. The number of benzene rings is 4. The summed E-state index contributed by atoms with van der Waals surface area (Å²) in [4.78, 5) is 0. The first-order chi connectivity index (χ1) is 12.7. The third-order valence-corrected chi connectivity index (χ3v) is 6.79. The second kappa shape index (κ2) is 6.27. The lowest BCUT2D eigenvalue weighted by Crippen LogP contribution is -1.93. The molecule has 0 aliphatic carbocycles. The molecular weight excluding hydrogens is 426 g/mol. The van der Waals surface area contributed by atoms with Crippen LogP contribution in [0.25, 0.3) is 30.9 Å². The summed E-state index contributed by atoms with van der Waals surface area (Å²) < 4.78 is 3.62. The van der Waals surface area contributed by atoms with Crippen molar-refractivity contribution >= 4 is 81.2 Å². The normalized spacial score (nSPS) is 11.5. The van der Waals surface area contributed by atoms with Crippen molar-refractivity contribution in [1.29, 1.82) is 0 Å². The number of hydrogen-bond donors (Lipinski definition) is 1. The Balaban J connectivity index is 1.77. The van der Waals surface area contributed by atoms with E-state index in [-0.39, 0.29) is 0 Å². The van der Waals surface area contributed by atoms with Gasteiger partial charge in [-0.15, -0.1) is 11.3 Å². The van der Waals surface area contributed by atoms with Crippen molar-refractivity contribution in [2.24, 2.45) is 0 Å². The van der Waals surface area contributed by atoms with Gasteiger partial charge in [0.05, 0.1) is 21.1 Å². The first kappa shape index (κ1) is 16.1. The van der Waals surface area contributed by atoms with Crippen LogP contribution in [0.1, 0.15) is 0 Å². The summed E-state index contributed by atoms with van der Waals surface area (Å²) in [7, 11) is 0. The zero-order chi connectivity index (χ0) is 17.7. The number of fused-ring (bicyclic) bond motifs is 4. The van der Waals surface area contributed by atoms with E-state index < -0.39 is 0 Å². The van der Waals surface area contributed by atoms with Gasteiger partial charge in [-0.3, -0.25) is 0 Å². The molecule has 0 bridgehead atoms. The monoisotopic (exact) mass is 437 g/mol. The first-order valence-electron chi connectivity index (χ1n) is 8.26. The predicted octanol–water partition coefficient (Wildman–Crippen LogP) is 8.37. The van der Waals surface area contributed by atoms with E-state index >= 15 is 0 Å². The highest BCUT2D eigenvalue weighted by Gasteiger charge is 2.14. The van der Waals surface area contributed by atoms with Gasteiger partial charge >= 0.3 is 0 Å². The molecule has 26 heavy (non-hydrogen) atoms. The SMILES string of the molecule is Clc1ccc2ccccc2c1Nc1ccc(Br)c2c1sc1ccccc12. The number of hydrogen-bond acceptors (Lipinski definition) is 2. The lowest BCUT2D eigenvalue weighted by molar-refractivity contribution is 1.62. The minimum absolute atomic E-state index is 0.723. The average Bonchev–Trinajstić information content (AvgIpc) is 3.06. The van der Waals surface area contributed by atoms with Crippen LogP contribution in [-0.2, 0) is 0 Å². The Morgan fingerprint density at radius 1 is 0.808 bits per heavy atom. The lowest BCUT2D eigenvalue weighted by Gasteiger charge is -2.13. The van der Waals surface area contributed by atoms with Crippen LogP contribution in [0.3, 0.4) is 0 Å². The zero-order valence-corrected chi connectivity index (χ0v) is 16.8. The molecule has 5 aromatic rings. The molecule has 126 valence electrons. The molecule has 0 atom stereocenters. The fraction of sp³-hybridized carbons (Fsp3) is 0. The molecular formula is C22H13BrClNS. The summed E-state index contributed by atoms with van der Waals surface area (Å²) in [6.45, 7) is 0. The molecule has 5 rings (SSSR count). The van der Waals surface area contributed by atoms with Crippen molar-refractivity contribution in [1.82, 2.24) is 0 Å². The molecule has 1 N–H and O–H groups in total. The van der Waals surface area contributed by atoms with Crippen molar-refractivity contribution in [3.8, 4) is 0 Å². The second-order valence-corrected chi connectivity index (χ2v) is 8.48. The Morgan fingerprint density at radius 3 is 2.46 bits per heavy atom. The third-order valence-electron chi connectivity index (χ3n) is 4.61. The molecule has 1 nitrogen and oxygen atoms in total. The van der Waals surface area contributed by atoms with Crippen molar-refractivity contribution in [3.63, 3.8) is 0 Å². The van der Waals surface area contributed by atoms with Crippen LogP contribution in [0.5, 0.6) is 0 Å². The van der Waals surface area contributed by atoms with Gasteiger partial charge in [-0.25, -0.2) is 0 Å². The molecule has 0 aliphatic rings. The largest absolute Gasteiger partial charge is 0.353 e. The summed E-state index contributed by atoms with van der Waals surface area (Å²) in [5, 5.41) is 9.13. The summed E-state index contributed by atoms with van der Waals surface area (Å²) >= 11 is 12.1. The van der Waals surface area contributed by atoms with Gasteiger partial charge in [-0.05, 0) is 29.7 Å². The Hall–Kier alpha value is -2.07. The standard InChI is InChI=1S/C22H13BrClNS/c23-16-10-12-18(22-20(16)15-7-3-4-8-19(15)26-22)25-21-14-6-2-1-5-13(14)9-11-17(21)24/h1-12,25H. The highest BCUT2D eigenvalue weighted by atomic mass is 79.9. The Kier molecular flexibility index (Phi) is 3.89. The Labute approximate surface area is 168 Å². The van der Waals surface area contributed by atoms with Gasteiger partial charge in [0.15, 0.2) is 0 Å². The molecule has 4 aromatic carbocycles. The van der Waals surface area contributed by atoms with Crippen LogP contribution in [0.15, 0.2) is 77.3 Å². The van der Waals surface area contributed by atoms with Crippen LogP contribution < -0.4 is 5.32 Å². The predicted molar refractivity (Wildman–Crippen MR) is 119 cm³/mol. The van der Waals surface area contributed by atoms with E-state index in [0.717, 1.165) is 26.3 Å². The van der Waals surface area contributed by atoms with Crippen molar-refractivity contribution in [2.45, 2.75) is 0 Å². The van der Waals surface area contributed by atoms with Gasteiger partial charge in [0.25, 0.3) is 0 Å². The third kappa shape index (κ3) is 2.50. The zero-order valence-electron chi connectivity index (χ0n) is 13.6. The summed E-state index contributed by atoms with van der Waals surface area (Å²) in [5.41, 5.74) is 2.02. The summed E-state index contributed by atoms with van der Waals surface area (Å²) in [6, 6.07) is 25.0. The molecule has 0 radical (unpaired) electrons. The first-order valence-corrected chi connectivity index (χ1v) is 10.2. The van der Waals surface area contributed by atoms with Gasteiger partial charge in [0.1, 0.15) is 0 Å². The fourth-order valence-corrected chi connectivity index (χ4v) is 5.48. The molecule has 0 spiro atoms. The van der Waals surface area contributed by atoms with E-state index in [4.69, 9.17) is 11.6 Å². The van der Waals surface area contributed by atoms with Crippen LogP contribution >= 0.6 is 38.9 Å². The molecule has 0 aliphatic heterocycles. The van der Waals surface area contributed by atoms with Crippen LogP contribution in [0.4, 0.5) is 11.4 Å². The maximum absolute atomic E-state index is 6.55. The maximum atomic E-state index is 6.55. The quantitative estimate of drug-likeness (QED) is 0.292. The highest BCUT2D eigenvalue weighted by molar-refractivity contribution is 9.10. The maximum Gasteiger partial charge on any atom is 0.0653 e. The molecule has 0 saturated carbocycles. The average molecular weight is 439 g/mol. The van der Waals surface area contributed by atoms with E-state index in [2.05, 4.69) is 75.8 Å². The summed E-state index contributed by atoms with van der Waals surface area (Å²) in [6.07, 6.45) is 0. The number of thiophene rings is 1. The molecule has 4 heteroatoms. The van der Waals surface area contributed by atoms with Gasteiger partial charge in [-0.2, -0.15) is 0 Å². The minimum Gasteiger partial charge on any atom is -0.353 e. The van der Waals surface area contributed by atoms with Gasteiger partial charge in [-0.1, -0.05) is 76.1 Å². The van der Waals surface area contributed by atoms with Crippen molar-refractivity contribution in [2.75, 3.05) is 5.32 Å². The molecule has 1 aromatic heterocycles. The highest BCUT2D eigenvalue weighted by Crippen LogP contribution is 2.44. The van der Waals surface area contributed by atoms with Crippen molar-refractivity contribution < 1.29 is 0 Å². The van der Waals surface area contributed by atoms with E-state index in [0.29, 0.717) is 0 Å². The second-order valence-electron chi connectivity index (χ2n) is 6.17. The topological polar surface area (TPSA) is 12.0 Å². The number of rotatable bonds is 2. The van der Waals surface area contributed by atoms with Gasteiger partial charge in [0, 0.05) is 25.3 Å². The molecule has 0 unspecified atom stereocenters. The molecule has 0 fully saturated rings. The number of nitrogens with one attached hydrogen (secondary N) is 1. The minimum atomic E-state index is 0.723. The Morgan fingerprint density at radius 2 is 1.58 bits per heavy atom. The number of halogens is 2. The molecule has 0 saturated heterocycles. The van der Waals surface area contributed by atoms with Crippen molar-refractivity contribution in [3.05, 3.63) is 82.3 Å². The van der Waals surface area contributed by atoms with E-state index in [1.54, 1.807) is 11.3 Å². The van der Waals surface area contributed by atoms with Crippen LogP contribution in [0.2, 0.25) is 5.02 Å². The van der Waals surface area contributed by atoms with E-state index in [1.165, 1.54) is 25.6 Å². The molecule has 1 heterocycles. The Bertz CT molecular complexity index is 1290. The fourth-order valence-electron chi connectivity index (χ4n) is 3.39. The summed E-state index contributed by atoms with van der Waals surface area (Å²) in [5.74, 6) is 0. The van der Waals surface area contributed by atoms with E-state index in [9.17, 15) is 0 Å². The number of anilines is 2. The van der Waals surface area contributed by atoms with E-state index in [1.807, 2.05) is 18.2 Å². The van der Waals surface area contributed by atoms with Crippen LogP contribution in [0, 0.1) is 0 Å². The van der Waals surface area contributed by atoms with Crippen LogP contribution in [-0.4, -0.2) is 0 Å². The lowest BCUT2D eigenvalue weighted by atomic mass is 10.1. The smallest absolute Gasteiger partial charge is 0.0653 e. The van der Waals surface area contributed by atoms with Gasteiger partial charge in [0.2, 0.25) is 0 Å². The van der Waals surface area contributed by atoms with Gasteiger partial charge < -0.3 is 5.32 Å².